The zero-order valence-corrected chi connectivity index (χ0v) is 17.4. The summed E-state index contributed by atoms with van der Waals surface area (Å²) in [7, 11) is -14.6. The standard InChI is InChI=1S/2Na.H6O9Si3.Zr/c;;1-10(2)7-11(3,4)9-12(5,6)8-10;/h;;1-6H;/q2*+1;;. The Morgan fingerprint density at radius 2 is 0.667 bits per heavy atom. The van der Waals surface area contributed by atoms with Gasteiger partial charge in [0.05, 0.1) is 0 Å². The van der Waals surface area contributed by atoms with E-state index in [1.54, 1.807) is 0 Å². The second-order valence-corrected chi connectivity index (χ2v) is 7.69. The van der Waals surface area contributed by atoms with Gasteiger partial charge in [-0.15, -0.1) is 0 Å². The molecule has 0 bridgehead atoms. The van der Waals surface area contributed by atoms with Crippen molar-refractivity contribution in [3.63, 3.8) is 0 Å². The fourth-order valence-electron chi connectivity index (χ4n) is 0.582. The molecule has 0 atom stereocenters. The number of hydrogen-bond donors (Lipinski definition) is 6. The zero-order chi connectivity index (χ0) is 9.62. The zero-order valence-electron chi connectivity index (χ0n) is 7.91. The van der Waals surface area contributed by atoms with Gasteiger partial charge in [-0.25, -0.2) is 0 Å². The van der Waals surface area contributed by atoms with Gasteiger partial charge in [0.2, 0.25) is 0 Å². The molecule has 1 heterocycles. The summed E-state index contributed by atoms with van der Waals surface area (Å²) >= 11 is 0. The molecule has 15 heteroatoms. The quantitative estimate of drug-likeness (QED) is 0.228. The molecule has 76 valence electrons. The molecule has 9 nitrogen and oxygen atoms in total. The minimum atomic E-state index is -4.86. The largest absolute Gasteiger partial charge is 1.00 e. The molecule has 0 aromatic heterocycles. The van der Waals surface area contributed by atoms with Gasteiger partial charge in [-0.3, -0.25) is 0 Å². The molecule has 0 spiro atoms. The molecule has 1 fully saturated rings. The molecule has 1 aliphatic heterocycles. The van der Waals surface area contributed by atoms with E-state index in [1.807, 2.05) is 0 Å². The fraction of sp³-hybridized carbons (Fsp3) is 0. The normalized spacial score (nSPS) is 25.2. The molecule has 6 N–H and O–H groups in total. The Balaban J connectivity index is -0.000000480. The van der Waals surface area contributed by atoms with Crippen LogP contribution < -0.4 is 59.1 Å². The Bertz CT molecular complexity index is 151. The van der Waals surface area contributed by atoms with E-state index >= 15 is 0 Å². The van der Waals surface area contributed by atoms with Gasteiger partial charge in [-0.1, -0.05) is 0 Å². The van der Waals surface area contributed by atoms with Gasteiger partial charge in [0.15, 0.2) is 0 Å². The summed E-state index contributed by atoms with van der Waals surface area (Å²) in [5.74, 6) is 0. The van der Waals surface area contributed by atoms with Crippen LogP contribution in [-0.2, 0) is 38.5 Å². The van der Waals surface area contributed by atoms with Gasteiger partial charge in [0.25, 0.3) is 0 Å². The summed E-state index contributed by atoms with van der Waals surface area (Å²) in [6.45, 7) is 0. The maximum absolute atomic E-state index is 8.65. The van der Waals surface area contributed by atoms with Gasteiger partial charge in [0, 0.05) is 26.2 Å². The molecular weight excluding hydrogens is 365 g/mol. The molecule has 15 heavy (non-hydrogen) atoms. The van der Waals surface area contributed by atoms with Gasteiger partial charge in [-0.05, 0) is 0 Å². The van der Waals surface area contributed by atoms with E-state index in [2.05, 4.69) is 12.3 Å². The van der Waals surface area contributed by atoms with E-state index in [-0.39, 0.29) is 85.3 Å². The Kier molecular flexibility index (Phi) is 11.9. The molecule has 0 amide bonds. The maximum Gasteiger partial charge on any atom is 1.00 e. The maximum atomic E-state index is 8.65. The first kappa shape index (κ1) is 23.3. The Morgan fingerprint density at radius 3 is 0.800 bits per heavy atom. The summed E-state index contributed by atoms with van der Waals surface area (Å²) in [5.41, 5.74) is 0. The molecule has 0 aromatic carbocycles. The first-order chi connectivity index (χ1) is 5.12. The van der Waals surface area contributed by atoms with Crippen molar-refractivity contribution in [1.82, 2.24) is 0 Å². The van der Waals surface area contributed by atoms with Crippen molar-refractivity contribution in [2.75, 3.05) is 0 Å². The predicted octanol–water partition coefficient (Wildman–Crippen LogP) is -10.7. The first-order valence-corrected chi connectivity index (χ1v) is 7.70. The van der Waals surface area contributed by atoms with Crippen LogP contribution in [0.25, 0.3) is 0 Å². The summed E-state index contributed by atoms with van der Waals surface area (Å²) in [5, 5.41) is 0. The summed E-state index contributed by atoms with van der Waals surface area (Å²) < 4.78 is 11.3. The molecule has 0 aromatic rings. The molecule has 0 saturated carbocycles. The van der Waals surface area contributed by atoms with Crippen molar-refractivity contribution in [2.24, 2.45) is 0 Å². The Labute approximate surface area is 151 Å². The summed E-state index contributed by atoms with van der Waals surface area (Å²) in [6.07, 6.45) is 0. The molecule has 0 radical (unpaired) electrons. The molecule has 0 unspecified atom stereocenters. The Morgan fingerprint density at radius 1 is 0.533 bits per heavy atom. The predicted molar refractivity (Wildman–Crippen MR) is 33.8 cm³/mol. The van der Waals surface area contributed by atoms with Crippen molar-refractivity contribution in [3.8, 4) is 0 Å². The van der Waals surface area contributed by atoms with Crippen LogP contribution in [0, 0.1) is 0 Å². The van der Waals surface area contributed by atoms with Crippen LogP contribution in [0.15, 0.2) is 0 Å². The van der Waals surface area contributed by atoms with Crippen molar-refractivity contribution in [2.45, 2.75) is 0 Å². The third-order valence-corrected chi connectivity index (χ3v) is 7.18. The van der Waals surface area contributed by atoms with Crippen molar-refractivity contribution in [1.29, 1.82) is 0 Å². The monoisotopic (exact) mass is 370 g/mol. The topological polar surface area (TPSA) is 149 Å². The minimum absolute atomic E-state index is 0. The SMILES string of the molecule is O[Si]1(O)O[Si](O)(O)O[Si](O)(O)O1.[Na+].[Na+].[Zr]. The van der Waals surface area contributed by atoms with Gasteiger partial charge in [0.1, 0.15) is 0 Å². The third-order valence-electron chi connectivity index (χ3n) is 0.798. The summed E-state index contributed by atoms with van der Waals surface area (Å²) in [6, 6.07) is 0. The molecule has 1 rings (SSSR count). The van der Waals surface area contributed by atoms with Gasteiger partial charge < -0.3 is 41.1 Å². The van der Waals surface area contributed by atoms with Gasteiger partial charge in [-0.2, -0.15) is 0 Å². The second-order valence-electron chi connectivity index (χ2n) is 1.95. The molecule has 0 aliphatic carbocycles. The van der Waals surface area contributed by atoms with Gasteiger partial charge >= 0.3 is 86.3 Å². The average molecular weight is 372 g/mol. The van der Waals surface area contributed by atoms with Crippen LogP contribution in [0.5, 0.6) is 0 Å². The number of hydrogen-bond acceptors (Lipinski definition) is 9. The van der Waals surface area contributed by atoms with E-state index in [9.17, 15) is 0 Å². The van der Waals surface area contributed by atoms with E-state index < -0.39 is 27.1 Å². The summed E-state index contributed by atoms with van der Waals surface area (Å²) in [4.78, 5) is 51.9. The van der Waals surface area contributed by atoms with E-state index in [0.29, 0.717) is 0 Å². The van der Waals surface area contributed by atoms with Crippen LogP contribution in [0.1, 0.15) is 0 Å². The molecule has 1 saturated heterocycles. The Hall–Kier alpha value is 3.17. The van der Waals surface area contributed by atoms with E-state index in [4.69, 9.17) is 28.8 Å². The van der Waals surface area contributed by atoms with Crippen LogP contribution in [0.2, 0.25) is 0 Å². The smallest absolute Gasteiger partial charge is 0.368 e. The number of rotatable bonds is 0. The third kappa shape index (κ3) is 8.82. The molecular formula is H6Na2O9Si3Zr+2. The fourth-order valence-corrected chi connectivity index (χ4v) is 6.36. The van der Waals surface area contributed by atoms with Crippen LogP contribution >= 0.6 is 0 Å². The molecule has 1 aliphatic rings. The van der Waals surface area contributed by atoms with E-state index in [1.165, 1.54) is 0 Å². The van der Waals surface area contributed by atoms with Crippen LogP contribution in [-0.4, -0.2) is 55.9 Å². The van der Waals surface area contributed by atoms with Crippen molar-refractivity contribution in [3.05, 3.63) is 0 Å². The first-order valence-electron chi connectivity index (χ1n) is 2.57. The second kappa shape index (κ2) is 7.69. The van der Waals surface area contributed by atoms with Crippen LogP contribution in [0.4, 0.5) is 0 Å². The van der Waals surface area contributed by atoms with Crippen LogP contribution in [0.3, 0.4) is 0 Å². The minimum Gasteiger partial charge on any atom is -0.368 e. The average Bonchev–Trinajstić information content (AvgIpc) is 1.44. The van der Waals surface area contributed by atoms with Crippen molar-refractivity contribution < 1.29 is 126 Å². The van der Waals surface area contributed by atoms with E-state index in [0.717, 1.165) is 0 Å². The van der Waals surface area contributed by atoms with Crippen molar-refractivity contribution >= 4 is 27.1 Å².